The van der Waals surface area contributed by atoms with E-state index in [4.69, 9.17) is 0 Å². The van der Waals surface area contributed by atoms with E-state index in [9.17, 15) is 18.7 Å². The number of rotatable bonds is 9. The van der Waals surface area contributed by atoms with Crippen molar-refractivity contribution in [2.45, 2.75) is 58.2 Å². The number of thiophene rings is 1. The smallest absolute Gasteiger partial charge is 0.262 e. The van der Waals surface area contributed by atoms with E-state index in [1.807, 2.05) is 6.92 Å². The molecule has 3 aromatic heterocycles. The second kappa shape index (κ2) is 9.48. The number of aromatic nitrogens is 5. The fraction of sp³-hybridized carbons (Fsp3) is 0.391. The predicted molar refractivity (Wildman–Crippen MR) is 122 cm³/mol. The number of aliphatic hydroxyl groups is 1. The molecular formula is C23H25F2N5O2S. The molecule has 0 saturated carbocycles. The van der Waals surface area contributed by atoms with Gasteiger partial charge in [-0.15, -0.1) is 11.3 Å². The molecule has 7 nitrogen and oxygen atoms in total. The highest BCUT2D eigenvalue weighted by atomic mass is 32.1. The van der Waals surface area contributed by atoms with Gasteiger partial charge in [0.05, 0.1) is 24.8 Å². The van der Waals surface area contributed by atoms with Gasteiger partial charge in [0.2, 0.25) is 0 Å². The first kappa shape index (κ1) is 23.2. The Hall–Kier alpha value is -2.98. The van der Waals surface area contributed by atoms with Crippen molar-refractivity contribution in [1.82, 2.24) is 24.3 Å². The van der Waals surface area contributed by atoms with Gasteiger partial charge in [-0.3, -0.25) is 9.36 Å². The summed E-state index contributed by atoms with van der Waals surface area (Å²) in [6.07, 6.45) is 7.91. The Bertz CT molecular complexity index is 1320. The van der Waals surface area contributed by atoms with Crippen molar-refractivity contribution in [3.05, 3.63) is 75.2 Å². The molecule has 3 heterocycles. The van der Waals surface area contributed by atoms with Gasteiger partial charge in [0.15, 0.2) is 0 Å². The summed E-state index contributed by atoms with van der Waals surface area (Å²) in [5.74, 6) is -1.67. The third kappa shape index (κ3) is 4.72. The average molecular weight is 474 g/mol. The quantitative estimate of drug-likeness (QED) is 0.372. The Morgan fingerprint density at radius 1 is 1.18 bits per heavy atom. The van der Waals surface area contributed by atoms with Crippen LogP contribution in [0.3, 0.4) is 0 Å². The maximum Gasteiger partial charge on any atom is 0.262 e. The van der Waals surface area contributed by atoms with Crippen LogP contribution in [-0.4, -0.2) is 29.4 Å². The molecule has 0 bridgehead atoms. The standard InChI is InChI=1S/C23H25F2N5O2S/c1-3-4-5-6-17-15(2)33-21-20(17)22(31)29(14-27-21)10-23(32,11-30-13-26-12-28-30)18-8-7-16(24)9-19(18)25/h7-9,12-14,32H,3-6,10-11H2,1-2H3. The lowest BCUT2D eigenvalue weighted by molar-refractivity contribution is -0.00641. The highest BCUT2D eigenvalue weighted by molar-refractivity contribution is 7.18. The molecule has 0 saturated heterocycles. The van der Waals surface area contributed by atoms with E-state index in [0.717, 1.165) is 42.2 Å². The zero-order chi connectivity index (χ0) is 23.6. The van der Waals surface area contributed by atoms with E-state index in [-0.39, 0.29) is 24.2 Å². The van der Waals surface area contributed by atoms with Crippen LogP contribution < -0.4 is 5.56 Å². The number of aryl methyl sites for hydroxylation is 2. The molecule has 0 aliphatic carbocycles. The van der Waals surface area contributed by atoms with Crippen LogP contribution in [-0.2, 0) is 25.1 Å². The van der Waals surface area contributed by atoms with Gasteiger partial charge in [0.1, 0.15) is 34.7 Å². The third-order valence-corrected chi connectivity index (χ3v) is 6.82. The Morgan fingerprint density at radius 2 is 2.00 bits per heavy atom. The minimum atomic E-state index is -1.90. The van der Waals surface area contributed by atoms with Crippen LogP contribution in [0.4, 0.5) is 8.78 Å². The zero-order valence-corrected chi connectivity index (χ0v) is 19.3. The summed E-state index contributed by atoms with van der Waals surface area (Å²) < 4.78 is 30.9. The lowest BCUT2D eigenvalue weighted by atomic mass is 9.92. The van der Waals surface area contributed by atoms with Crippen molar-refractivity contribution in [2.24, 2.45) is 0 Å². The fourth-order valence-electron chi connectivity index (χ4n) is 4.11. The molecule has 174 valence electrons. The van der Waals surface area contributed by atoms with Gasteiger partial charge in [-0.2, -0.15) is 5.10 Å². The second-order valence-electron chi connectivity index (χ2n) is 8.20. The molecule has 1 atom stereocenters. The van der Waals surface area contributed by atoms with Gasteiger partial charge in [0.25, 0.3) is 5.56 Å². The van der Waals surface area contributed by atoms with Crippen LogP contribution in [0.25, 0.3) is 10.2 Å². The molecule has 33 heavy (non-hydrogen) atoms. The number of halogens is 2. The highest BCUT2D eigenvalue weighted by Crippen LogP contribution is 2.31. The van der Waals surface area contributed by atoms with Crippen LogP contribution in [0.1, 0.15) is 42.2 Å². The van der Waals surface area contributed by atoms with Crippen molar-refractivity contribution >= 4 is 21.6 Å². The highest BCUT2D eigenvalue weighted by Gasteiger charge is 2.35. The molecule has 0 radical (unpaired) electrons. The van der Waals surface area contributed by atoms with Gasteiger partial charge in [-0.1, -0.05) is 25.8 Å². The van der Waals surface area contributed by atoms with Crippen LogP contribution >= 0.6 is 11.3 Å². The summed E-state index contributed by atoms with van der Waals surface area (Å²) in [7, 11) is 0. The Balaban J connectivity index is 1.78. The first-order valence-corrected chi connectivity index (χ1v) is 11.6. The summed E-state index contributed by atoms with van der Waals surface area (Å²) in [5.41, 5.74) is -1.37. The molecule has 1 aromatic carbocycles. The van der Waals surface area contributed by atoms with Crippen molar-refractivity contribution in [1.29, 1.82) is 0 Å². The van der Waals surface area contributed by atoms with Gasteiger partial charge in [-0.25, -0.2) is 23.4 Å². The Kier molecular flexibility index (Phi) is 6.66. The molecule has 1 N–H and O–H groups in total. The third-order valence-electron chi connectivity index (χ3n) is 5.76. The van der Waals surface area contributed by atoms with Crippen LogP contribution in [0, 0.1) is 18.6 Å². The maximum absolute atomic E-state index is 14.7. The zero-order valence-electron chi connectivity index (χ0n) is 18.5. The SMILES string of the molecule is CCCCCc1c(C)sc2ncn(CC(O)(Cn3cncn3)c3ccc(F)cc3F)c(=O)c12. The molecule has 0 aliphatic rings. The van der Waals surface area contributed by atoms with Crippen LogP contribution in [0.15, 0.2) is 42.0 Å². The molecule has 0 aliphatic heterocycles. The van der Waals surface area contributed by atoms with Crippen LogP contribution in [0.2, 0.25) is 0 Å². The molecule has 10 heteroatoms. The Morgan fingerprint density at radius 3 is 2.70 bits per heavy atom. The van der Waals surface area contributed by atoms with Crippen molar-refractivity contribution in [3.63, 3.8) is 0 Å². The number of hydrogen-bond donors (Lipinski definition) is 1. The summed E-state index contributed by atoms with van der Waals surface area (Å²) in [6.45, 7) is 3.62. The number of fused-ring (bicyclic) bond motifs is 1. The van der Waals surface area contributed by atoms with Gasteiger partial charge in [0, 0.05) is 16.5 Å². The molecule has 0 amide bonds. The minimum absolute atomic E-state index is 0.143. The lowest BCUT2D eigenvalue weighted by Crippen LogP contribution is -2.40. The average Bonchev–Trinajstić information content (AvgIpc) is 3.38. The molecule has 1 unspecified atom stereocenters. The first-order valence-electron chi connectivity index (χ1n) is 10.8. The van der Waals surface area contributed by atoms with Crippen LogP contribution in [0.5, 0.6) is 0 Å². The molecule has 0 spiro atoms. The summed E-state index contributed by atoms with van der Waals surface area (Å²) in [6, 6.07) is 2.96. The van der Waals surface area contributed by atoms with E-state index < -0.39 is 17.2 Å². The maximum atomic E-state index is 14.7. The number of hydrogen-bond acceptors (Lipinski definition) is 6. The van der Waals surface area contributed by atoms with E-state index >= 15 is 0 Å². The Labute approximate surface area is 193 Å². The van der Waals surface area contributed by atoms with Gasteiger partial charge < -0.3 is 5.11 Å². The van der Waals surface area contributed by atoms with Crippen molar-refractivity contribution < 1.29 is 13.9 Å². The molecule has 0 fully saturated rings. The molecule has 4 rings (SSSR count). The predicted octanol–water partition coefficient (Wildman–Crippen LogP) is 3.96. The topological polar surface area (TPSA) is 85.8 Å². The van der Waals surface area contributed by atoms with E-state index in [2.05, 4.69) is 22.0 Å². The summed E-state index contributed by atoms with van der Waals surface area (Å²) in [4.78, 5) is 23.5. The number of benzene rings is 1. The van der Waals surface area contributed by atoms with E-state index in [0.29, 0.717) is 16.3 Å². The first-order chi connectivity index (χ1) is 15.8. The largest absolute Gasteiger partial charge is 0.381 e. The van der Waals surface area contributed by atoms with E-state index in [1.54, 1.807) is 0 Å². The molecular weight excluding hydrogens is 448 g/mol. The molecule has 4 aromatic rings. The van der Waals surface area contributed by atoms with Gasteiger partial charge >= 0.3 is 0 Å². The van der Waals surface area contributed by atoms with Crippen molar-refractivity contribution in [2.75, 3.05) is 0 Å². The number of nitrogens with zero attached hydrogens (tertiary/aromatic N) is 5. The summed E-state index contributed by atoms with van der Waals surface area (Å²) >= 11 is 1.47. The number of unbranched alkanes of at least 4 members (excludes halogenated alkanes) is 2. The normalized spacial score (nSPS) is 13.5. The minimum Gasteiger partial charge on any atom is -0.381 e. The lowest BCUT2D eigenvalue weighted by Gasteiger charge is -2.29. The van der Waals surface area contributed by atoms with E-state index in [1.165, 1.54) is 45.6 Å². The summed E-state index contributed by atoms with van der Waals surface area (Å²) in [5, 5.41) is 16.1. The monoisotopic (exact) mass is 473 g/mol. The fourth-order valence-corrected chi connectivity index (χ4v) is 5.14. The van der Waals surface area contributed by atoms with Crippen molar-refractivity contribution in [3.8, 4) is 0 Å². The van der Waals surface area contributed by atoms with Gasteiger partial charge in [-0.05, 0) is 31.4 Å². The second-order valence-corrected chi connectivity index (χ2v) is 9.40.